The summed E-state index contributed by atoms with van der Waals surface area (Å²) >= 11 is 0. The molecule has 2 amide bonds. The Kier molecular flexibility index (Phi) is 7.09. The second-order valence-corrected chi connectivity index (χ2v) is 8.24. The van der Waals surface area contributed by atoms with Crippen molar-refractivity contribution in [3.63, 3.8) is 0 Å². The highest BCUT2D eigenvalue weighted by Gasteiger charge is 2.27. The van der Waals surface area contributed by atoms with Crippen molar-refractivity contribution < 1.29 is 14.5 Å². The molecular weight excluding hydrogens is 410 g/mol. The summed E-state index contributed by atoms with van der Waals surface area (Å²) in [4.78, 5) is 41.8. The third kappa shape index (κ3) is 5.23. The first-order chi connectivity index (χ1) is 15.2. The number of aryl methyl sites for hydroxylation is 2. The highest BCUT2D eigenvalue weighted by atomic mass is 16.6. The van der Waals surface area contributed by atoms with Gasteiger partial charge in [-0.3, -0.25) is 24.6 Å². The number of carbonyl (C=O) groups is 2. The van der Waals surface area contributed by atoms with Crippen LogP contribution in [0.25, 0.3) is 0 Å². The predicted octanol–water partition coefficient (Wildman–Crippen LogP) is 2.67. The van der Waals surface area contributed by atoms with Crippen LogP contribution in [0.1, 0.15) is 21.5 Å². The Labute approximate surface area is 187 Å². The minimum Gasteiger partial charge on any atom is -0.377 e. The van der Waals surface area contributed by atoms with E-state index in [0.717, 1.165) is 16.8 Å². The zero-order valence-electron chi connectivity index (χ0n) is 18.9. The molecule has 0 atom stereocenters. The number of nitro groups is 1. The maximum absolute atomic E-state index is 13.1. The van der Waals surface area contributed by atoms with Crippen LogP contribution in [0.4, 0.5) is 17.1 Å². The number of anilines is 2. The lowest BCUT2D eigenvalue weighted by Crippen LogP contribution is -2.50. The number of non-ortho nitro benzene ring substituents is 1. The molecule has 9 nitrogen and oxygen atoms in total. The van der Waals surface area contributed by atoms with E-state index in [4.69, 9.17) is 0 Å². The first-order valence-corrected chi connectivity index (χ1v) is 10.5. The van der Waals surface area contributed by atoms with E-state index in [9.17, 15) is 19.7 Å². The monoisotopic (exact) mass is 439 g/mol. The summed E-state index contributed by atoms with van der Waals surface area (Å²) in [6.07, 6.45) is 0. The van der Waals surface area contributed by atoms with Crippen molar-refractivity contribution in [2.75, 3.05) is 57.0 Å². The van der Waals surface area contributed by atoms with Gasteiger partial charge in [0.05, 0.1) is 17.0 Å². The van der Waals surface area contributed by atoms with Gasteiger partial charge in [-0.2, -0.15) is 0 Å². The van der Waals surface area contributed by atoms with E-state index < -0.39 is 4.92 Å². The fraction of sp³-hybridized carbons (Fsp3) is 0.391. The number of hydrogen-bond acceptors (Lipinski definition) is 6. The van der Waals surface area contributed by atoms with E-state index in [1.807, 2.05) is 36.9 Å². The fourth-order valence-corrected chi connectivity index (χ4v) is 3.87. The minimum absolute atomic E-state index is 0.0873. The highest BCUT2D eigenvalue weighted by Crippen LogP contribution is 2.26. The van der Waals surface area contributed by atoms with Gasteiger partial charge in [0.2, 0.25) is 5.91 Å². The van der Waals surface area contributed by atoms with E-state index in [1.165, 1.54) is 12.1 Å². The number of nitro benzene ring substituents is 1. The lowest BCUT2D eigenvalue weighted by molar-refractivity contribution is -0.384. The van der Waals surface area contributed by atoms with Crippen molar-refractivity contribution in [2.24, 2.45) is 0 Å². The van der Waals surface area contributed by atoms with E-state index in [-0.39, 0.29) is 24.0 Å². The summed E-state index contributed by atoms with van der Waals surface area (Å²) in [6, 6.07) is 10.2. The molecule has 0 aliphatic carbocycles. The molecule has 1 aliphatic rings. The van der Waals surface area contributed by atoms with Crippen molar-refractivity contribution in [1.29, 1.82) is 0 Å². The van der Waals surface area contributed by atoms with Crippen LogP contribution in [0.15, 0.2) is 36.4 Å². The Morgan fingerprint density at radius 3 is 2.25 bits per heavy atom. The van der Waals surface area contributed by atoms with Crippen molar-refractivity contribution >= 4 is 28.9 Å². The zero-order chi connectivity index (χ0) is 23.4. The molecule has 9 heteroatoms. The van der Waals surface area contributed by atoms with Crippen LogP contribution in [0.5, 0.6) is 0 Å². The number of nitrogens with one attached hydrogen (secondary N) is 1. The number of amides is 2. The summed E-state index contributed by atoms with van der Waals surface area (Å²) in [7, 11) is 3.59. The van der Waals surface area contributed by atoms with Crippen molar-refractivity contribution in [2.45, 2.75) is 13.8 Å². The van der Waals surface area contributed by atoms with E-state index in [1.54, 1.807) is 30.0 Å². The van der Waals surface area contributed by atoms with Crippen LogP contribution in [0.3, 0.4) is 0 Å². The predicted molar refractivity (Wildman–Crippen MR) is 124 cm³/mol. The average molecular weight is 440 g/mol. The standard InChI is InChI=1S/C23H29N5O4/c1-16-6-5-7-17(2)22(16)24-21(29)15-26-10-12-27(13-11-26)23(30)19-14-18(28(31)32)8-9-20(19)25(3)4/h5-9,14H,10-13,15H2,1-4H3,(H,24,29). The van der Waals surface area contributed by atoms with Gasteiger partial charge in [-0.15, -0.1) is 0 Å². The van der Waals surface area contributed by atoms with E-state index in [0.29, 0.717) is 37.4 Å². The molecule has 0 aromatic heterocycles. The van der Waals surface area contributed by atoms with Gasteiger partial charge >= 0.3 is 0 Å². The minimum atomic E-state index is -0.497. The van der Waals surface area contributed by atoms with Crippen LogP contribution in [0.2, 0.25) is 0 Å². The molecular formula is C23H29N5O4. The lowest BCUT2D eigenvalue weighted by atomic mass is 10.1. The summed E-state index contributed by atoms with van der Waals surface area (Å²) in [5, 5.41) is 14.2. The molecule has 170 valence electrons. The summed E-state index contributed by atoms with van der Waals surface area (Å²) in [6.45, 7) is 6.17. The van der Waals surface area contributed by atoms with Gasteiger partial charge in [-0.05, 0) is 31.0 Å². The summed E-state index contributed by atoms with van der Waals surface area (Å²) in [5.74, 6) is -0.326. The summed E-state index contributed by atoms with van der Waals surface area (Å²) < 4.78 is 0. The summed E-state index contributed by atoms with van der Waals surface area (Å²) in [5.41, 5.74) is 3.71. The van der Waals surface area contributed by atoms with Gasteiger partial charge in [-0.1, -0.05) is 18.2 Å². The number of rotatable bonds is 6. The van der Waals surface area contributed by atoms with Gasteiger partial charge in [-0.25, -0.2) is 0 Å². The second kappa shape index (κ2) is 9.78. The number of piperazine rings is 1. The molecule has 1 saturated heterocycles. The number of benzene rings is 2. The van der Waals surface area contributed by atoms with Gasteiger partial charge in [0.15, 0.2) is 0 Å². The number of hydrogen-bond donors (Lipinski definition) is 1. The topological polar surface area (TPSA) is 99.0 Å². The van der Waals surface area contributed by atoms with Crippen LogP contribution in [0, 0.1) is 24.0 Å². The largest absolute Gasteiger partial charge is 0.377 e. The SMILES string of the molecule is Cc1cccc(C)c1NC(=O)CN1CCN(C(=O)c2cc([N+](=O)[O-])ccc2N(C)C)CC1. The zero-order valence-corrected chi connectivity index (χ0v) is 18.9. The Bertz CT molecular complexity index is 1010. The Morgan fingerprint density at radius 2 is 1.69 bits per heavy atom. The molecule has 1 aliphatic heterocycles. The van der Waals surface area contributed by atoms with Gasteiger partial charge < -0.3 is 15.1 Å². The molecule has 0 radical (unpaired) electrons. The first-order valence-electron chi connectivity index (χ1n) is 10.5. The number of nitrogens with zero attached hydrogens (tertiary/aromatic N) is 4. The van der Waals surface area contributed by atoms with Crippen LogP contribution >= 0.6 is 0 Å². The van der Waals surface area contributed by atoms with E-state index in [2.05, 4.69) is 5.32 Å². The number of para-hydroxylation sites is 1. The normalized spacial score (nSPS) is 14.2. The van der Waals surface area contributed by atoms with Gasteiger partial charge in [0.25, 0.3) is 11.6 Å². The molecule has 3 rings (SSSR count). The van der Waals surface area contributed by atoms with Crippen molar-refractivity contribution in [3.8, 4) is 0 Å². The molecule has 0 saturated carbocycles. The van der Waals surface area contributed by atoms with Gasteiger partial charge in [0.1, 0.15) is 0 Å². The lowest BCUT2D eigenvalue weighted by Gasteiger charge is -2.35. The maximum atomic E-state index is 13.1. The molecule has 2 aromatic rings. The highest BCUT2D eigenvalue weighted by molar-refractivity contribution is 6.00. The smallest absolute Gasteiger partial charge is 0.270 e. The Morgan fingerprint density at radius 1 is 1.06 bits per heavy atom. The molecule has 0 spiro atoms. The molecule has 1 fully saturated rings. The second-order valence-electron chi connectivity index (χ2n) is 8.24. The third-order valence-electron chi connectivity index (χ3n) is 5.68. The van der Waals surface area contributed by atoms with Crippen LogP contribution < -0.4 is 10.2 Å². The Balaban J connectivity index is 1.62. The van der Waals surface area contributed by atoms with Crippen LogP contribution in [-0.2, 0) is 4.79 Å². The van der Waals surface area contributed by atoms with Crippen molar-refractivity contribution in [1.82, 2.24) is 9.80 Å². The quantitative estimate of drug-likeness (QED) is 0.549. The Hall–Kier alpha value is -3.46. The maximum Gasteiger partial charge on any atom is 0.270 e. The fourth-order valence-electron chi connectivity index (χ4n) is 3.87. The van der Waals surface area contributed by atoms with Crippen molar-refractivity contribution in [3.05, 3.63) is 63.2 Å². The number of carbonyl (C=O) groups excluding carboxylic acids is 2. The average Bonchev–Trinajstić information content (AvgIpc) is 2.76. The third-order valence-corrected chi connectivity index (χ3v) is 5.68. The molecule has 0 bridgehead atoms. The molecule has 32 heavy (non-hydrogen) atoms. The molecule has 1 heterocycles. The molecule has 0 unspecified atom stereocenters. The van der Waals surface area contributed by atoms with E-state index >= 15 is 0 Å². The first kappa shape index (κ1) is 23.2. The molecule has 2 aromatic carbocycles. The van der Waals surface area contributed by atoms with Gasteiger partial charge in [0, 0.05) is 63.8 Å². The molecule has 1 N–H and O–H groups in total. The van der Waals surface area contributed by atoms with Crippen LogP contribution in [-0.4, -0.2) is 73.4 Å².